The number of nitro groups is 1. The summed E-state index contributed by atoms with van der Waals surface area (Å²) >= 11 is 0. The zero-order valence-corrected chi connectivity index (χ0v) is 11.7. The molecule has 0 radical (unpaired) electrons. The van der Waals surface area contributed by atoms with Crippen LogP contribution in [-0.4, -0.2) is 30.0 Å². The standard InChI is InChI=1S/C13H18FN3O4/c1-2-6-16-10(13(15)18)5-7-21-12-8-9(14)3-4-11(12)17(19)20/h3-4,8,10,16H,2,5-7H2,1H3,(H2,15,18). The molecule has 7 nitrogen and oxygen atoms in total. The lowest BCUT2D eigenvalue weighted by Crippen LogP contribution is -2.42. The van der Waals surface area contributed by atoms with Gasteiger partial charge in [-0.25, -0.2) is 4.39 Å². The second-order valence-electron chi connectivity index (χ2n) is 4.42. The molecule has 3 N–H and O–H groups in total. The van der Waals surface area contributed by atoms with Crippen LogP contribution in [0.5, 0.6) is 5.75 Å². The number of nitrogens with one attached hydrogen (secondary N) is 1. The van der Waals surface area contributed by atoms with Crippen molar-refractivity contribution in [2.75, 3.05) is 13.2 Å². The maximum absolute atomic E-state index is 13.1. The fourth-order valence-electron chi connectivity index (χ4n) is 1.70. The molecule has 0 spiro atoms. The molecular formula is C13H18FN3O4. The van der Waals surface area contributed by atoms with E-state index in [9.17, 15) is 19.3 Å². The summed E-state index contributed by atoms with van der Waals surface area (Å²) < 4.78 is 18.3. The van der Waals surface area contributed by atoms with Crippen molar-refractivity contribution in [1.29, 1.82) is 0 Å². The van der Waals surface area contributed by atoms with Crippen LogP contribution in [0, 0.1) is 15.9 Å². The lowest BCUT2D eigenvalue weighted by Gasteiger charge is -2.15. The minimum Gasteiger partial charge on any atom is -0.487 e. The molecule has 0 saturated heterocycles. The lowest BCUT2D eigenvalue weighted by atomic mass is 10.2. The van der Waals surface area contributed by atoms with Crippen molar-refractivity contribution in [2.24, 2.45) is 5.73 Å². The predicted molar refractivity (Wildman–Crippen MR) is 74.4 cm³/mol. The van der Waals surface area contributed by atoms with Gasteiger partial charge in [-0.2, -0.15) is 0 Å². The van der Waals surface area contributed by atoms with Gasteiger partial charge < -0.3 is 15.8 Å². The van der Waals surface area contributed by atoms with Gasteiger partial charge in [0.05, 0.1) is 17.6 Å². The minimum atomic E-state index is -0.657. The number of nitrogens with zero attached hydrogens (tertiary/aromatic N) is 1. The molecule has 1 aromatic carbocycles. The summed E-state index contributed by atoms with van der Waals surface area (Å²) in [6.45, 7) is 2.57. The Bertz CT molecular complexity index is 510. The van der Waals surface area contributed by atoms with Crippen LogP contribution >= 0.6 is 0 Å². The van der Waals surface area contributed by atoms with Gasteiger partial charge in [-0.15, -0.1) is 0 Å². The molecule has 1 amide bonds. The number of hydrogen-bond acceptors (Lipinski definition) is 5. The lowest BCUT2D eigenvalue weighted by molar-refractivity contribution is -0.385. The highest BCUT2D eigenvalue weighted by Gasteiger charge is 2.18. The van der Waals surface area contributed by atoms with Gasteiger partial charge in [0.2, 0.25) is 5.91 Å². The first-order valence-corrected chi connectivity index (χ1v) is 6.55. The SMILES string of the molecule is CCCNC(CCOc1cc(F)ccc1[N+](=O)[O-])C(N)=O. The van der Waals surface area contributed by atoms with Crippen LogP contribution in [0.2, 0.25) is 0 Å². The highest BCUT2D eigenvalue weighted by molar-refractivity contribution is 5.79. The van der Waals surface area contributed by atoms with Gasteiger partial charge in [-0.3, -0.25) is 14.9 Å². The van der Waals surface area contributed by atoms with Gasteiger partial charge in [0, 0.05) is 18.6 Å². The monoisotopic (exact) mass is 299 g/mol. The average Bonchev–Trinajstić information content (AvgIpc) is 2.41. The minimum absolute atomic E-state index is 0.00855. The summed E-state index contributed by atoms with van der Waals surface area (Å²) in [6.07, 6.45) is 1.07. The van der Waals surface area contributed by atoms with Crippen molar-refractivity contribution < 1.29 is 18.8 Å². The maximum atomic E-state index is 13.1. The highest BCUT2D eigenvalue weighted by atomic mass is 19.1. The van der Waals surface area contributed by atoms with Crippen LogP contribution in [0.15, 0.2) is 18.2 Å². The third-order valence-corrected chi connectivity index (χ3v) is 2.77. The molecule has 0 aliphatic rings. The summed E-state index contributed by atoms with van der Waals surface area (Å²) in [5.41, 5.74) is 4.91. The molecule has 0 aliphatic carbocycles. The Hall–Kier alpha value is -2.22. The van der Waals surface area contributed by atoms with E-state index in [2.05, 4.69) is 5.32 Å². The van der Waals surface area contributed by atoms with Gasteiger partial charge in [0.1, 0.15) is 5.82 Å². The number of ether oxygens (including phenoxy) is 1. The Kier molecular flexibility index (Phi) is 6.54. The summed E-state index contributed by atoms with van der Waals surface area (Å²) in [4.78, 5) is 21.4. The number of nitrogens with two attached hydrogens (primary N) is 1. The number of nitro benzene ring substituents is 1. The zero-order chi connectivity index (χ0) is 15.8. The first-order chi connectivity index (χ1) is 9.95. The van der Waals surface area contributed by atoms with Crippen molar-refractivity contribution in [3.05, 3.63) is 34.1 Å². The van der Waals surface area contributed by atoms with Gasteiger partial charge >= 0.3 is 5.69 Å². The van der Waals surface area contributed by atoms with Gasteiger partial charge in [0.15, 0.2) is 5.75 Å². The molecule has 0 aromatic heterocycles. The zero-order valence-electron chi connectivity index (χ0n) is 11.7. The van der Waals surface area contributed by atoms with Gasteiger partial charge in [-0.05, 0) is 19.0 Å². The van der Waals surface area contributed by atoms with E-state index in [1.165, 1.54) is 0 Å². The Morgan fingerprint density at radius 3 is 2.86 bits per heavy atom. The number of benzene rings is 1. The molecule has 1 unspecified atom stereocenters. The number of carbonyl (C=O) groups excluding carboxylic acids is 1. The predicted octanol–water partition coefficient (Wildman–Crippen LogP) is 1.36. The molecular weight excluding hydrogens is 281 g/mol. The molecule has 116 valence electrons. The third kappa shape index (κ3) is 5.35. The van der Waals surface area contributed by atoms with Crippen LogP contribution in [0.1, 0.15) is 19.8 Å². The summed E-state index contributed by atoms with van der Waals surface area (Å²) in [6, 6.07) is 2.38. The number of halogens is 1. The molecule has 0 heterocycles. The van der Waals surface area contributed by atoms with E-state index in [-0.39, 0.29) is 24.5 Å². The van der Waals surface area contributed by atoms with E-state index in [1.807, 2.05) is 6.92 Å². The smallest absolute Gasteiger partial charge is 0.311 e. The molecule has 8 heteroatoms. The topological polar surface area (TPSA) is 107 Å². The number of carbonyl (C=O) groups is 1. The van der Waals surface area contributed by atoms with Crippen molar-refractivity contribution in [3.63, 3.8) is 0 Å². The molecule has 0 bridgehead atoms. The molecule has 0 fully saturated rings. The van der Waals surface area contributed by atoms with Crippen LogP contribution in [0.25, 0.3) is 0 Å². The number of rotatable bonds is 9. The van der Waals surface area contributed by atoms with E-state index in [0.29, 0.717) is 6.54 Å². The van der Waals surface area contributed by atoms with Crippen LogP contribution in [-0.2, 0) is 4.79 Å². The van der Waals surface area contributed by atoms with Gasteiger partial charge in [0.25, 0.3) is 0 Å². The molecule has 1 aromatic rings. The normalized spacial score (nSPS) is 11.9. The number of primary amides is 1. The quantitative estimate of drug-likeness (QED) is 0.528. The molecule has 21 heavy (non-hydrogen) atoms. The Balaban J connectivity index is 2.64. The van der Waals surface area contributed by atoms with Crippen LogP contribution in [0.3, 0.4) is 0 Å². The summed E-state index contributed by atoms with van der Waals surface area (Å²) in [5, 5.41) is 13.7. The van der Waals surface area contributed by atoms with E-state index in [1.54, 1.807) is 0 Å². The molecule has 0 saturated carbocycles. The molecule has 1 rings (SSSR count). The fraction of sp³-hybridized carbons (Fsp3) is 0.462. The first kappa shape index (κ1) is 16.8. The molecule has 1 atom stereocenters. The largest absolute Gasteiger partial charge is 0.487 e. The Labute approximate surface area is 121 Å². The van der Waals surface area contributed by atoms with E-state index in [0.717, 1.165) is 24.6 Å². The van der Waals surface area contributed by atoms with Crippen molar-refractivity contribution >= 4 is 11.6 Å². The van der Waals surface area contributed by atoms with E-state index in [4.69, 9.17) is 10.5 Å². The Morgan fingerprint density at radius 2 is 2.29 bits per heavy atom. The average molecular weight is 299 g/mol. The fourth-order valence-corrected chi connectivity index (χ4v) is 1.70. The van der Waals surface area contributed by atoms with E-state index < -0.39 is 22.7 Å². The van der Waals surface area contributed by atoms with E-state index >= 15 is 0 Å². The van der Waals surface area contributed by atoms with Crippen molar-refractivity contribution in [3.8, 4) is 5.75 Å². The summed E-state index contributed by atoms with van der Waals surface area (Å²) in [5.74, 6) is -1.33. The molecule has 0 aliphatic heterocycles. The third-order valence-electron chi connectivity index (χ3n) is 2.77. The van der Waals surface area contributed by atoms with Crippen molar-refractivity contribution in [2.45, 2.75) is 25.8 Å². The van der Waals surface area contributed by atoms with Crippen molar-refractivity contribution in [1.82, 2.24) is 5.32 Å². The highest BCUT2D eigenvalue weighted by Crippen LogP contribution is 2.27. The number of hydrogen-bond donors (Lipinski definition) is 2. The number of amides is 1. The Morgan fingerprint density at radius 1 is 1.57 bits per heavy atom. The maximum Gasteiger partial charge on any atom is 0.311 e. The second kappa shape index (κ2) is 8.15. The van der Waals surface area contributed by atoms with Crippen LogP contribution in [0.4, 0.5) is 10.1 Å². The van der Waals surface area contributed by atoms with Crippen LogP contribution < -0.4 is 15.8 Å². The van der Waals surface area contributed by atoms with Gasteiger partial charge in [-0.1, -0.05) is 6.92 Å². The summed E-state index contributed by atoms with van der Waals surface area (Å²) in [7, 11) is 0. The second-order valence-corrected chi connectivity index (χ2v) is 4.42. The first-order valence-electron chi connectivity index (χ1n) is 6.55.